The second kappa shape index (κ2) is 8.81. The van der Waals surface area contributed by atoms with Crippen LogP contribution in [-0.2, 0) is 21.2 Å². The molecule has 0 radical (unpaired) electrons. The molecule has 1 heterocycles. The van der Waals surface area contributed by atoms with Crippen molar-refractivity contribution in [2.45, 2.75) is 24.3 Å². The van der Waals surface area contributed by atoms with Crippen molar-refractivity contribution >= 4 is 21.6 Å². The lowest BCUT2D eigenvalue weighted by molar-refractivity contribution is -0.123. The maximum Gasteiger partial charge on any atom is 0.264 e. The van der Waals surface area contributed by atoms with E-state index in [1.807, 2.05) is 61.5 Å². The average molecular weight is 437 g/mol. The molecule has 0 bridgehead atoms. The van der Waals surface area contributed by atoms with E-state index < -0.39 is 10.0 Å². The summed E-state index contributed by atoms with van der Waals surface area (Å²) in [5, 5.41) is 2.88. The zero-order chi connectivity index (χ0) is 21.8. The fraction of sp³-hybridized carbons (Fsp3) is 0.208. The molecular formula is C24H24N2O4S. The lowest BCUT2D eigenvalue weighted by atomic mass is 10.1. The lowest BCUT2D eigenvalue weighted by Gasteiger charge is -2.19. The van der Waals surface area contributed by atoms with E-state index in [0.717, 1.165) is 16.8 Å². The summed E-state index contributed by atoms with van der Waals surface area (Å²) < 4.78 is 33.1. The summed E-state index contributed by atoms with van der Waals surface area (Å²) in [5.74, 6) is 0.185. The van der Waals surface area contributed by atoms with Gasteiger partial charge in [-0.1, -0.05) is 48.5 Å². The second-order valence-electron chi connectivity index (χ2n) is 7.42. The van der Waals surface area contributed by atoms with E-state index in [-0.39, 0.29) is 23.5 Å². The first-order valence-corrected chi connectivity index (χ1v) is 11.6. The molecule has 0 spiro atoms. The number of nitrogens with one attached hydrogen (secondary N) is 1. The van der Waals surface area contributed by atoms with Crippen molar-refractivity contribution in [2.75, 3.05) is 17.5 Å². The fourth-order valence-corrected chi connectivity index (χ4v) is 5.15. The number of ether oxygens (including phenoxy) is 1. The standard InChI is InChI=1S/C24H24N2O4S/c1-18(19-7-3-2-4-8-19)25-24(27)17-30-21-11-13-22(14-12-21)31(28,29)26-16-15-20-9-5-6-10-23(20)26/h2-14,18H,15-17H2,1H3,(H,25,27)/t18-/m1/s1. The number of anilines is 1. The number of carbonyl (C=O) groups is 1. The third kappa shape index (κ3) is 4.56. The normalized spacial score (nSPS) is 14.0. The van der Waals surface area contributed by atoms with Crippen LogP contribution in [0, 0.1) is 0 Å². The third-order valence-corrected chi connectivity index (χ3v) is 7.13. The van der Waals surface area contributed by atoms with E-state index in [1.165, 1.54) is 16.4 Å². The molecule has 0 fully saturated rings. The molecule has 3 aromatic carbocycles. The smallest absolute Gasteiger partial charge is 0.264 e. The number of benzene rings is 3. The minimum atomic E-state index is -3.65. The summed E-state index contributed by atoms with van der Waals surface area (Å²) in [6.45, 7) is 2.19. The summed E-state index contributed by atoms with van der Waals surface area (Å²) in [4.78, 5) is 12.4. The molecule has 1 N–H and O–H groups in total. The molecule has 1 aliphatic rings. The second-order valence-corrected chi connectivity index (χ2v) is 9.28. The number of nitrogens with zero attached hydrogens (tertiary/aromatic N) is 1. The van der Waals surface area contributed by atoms with E-state index in [2.05, 4.69) is 5.32 Å². The Morgan fingerprint density at radius 1 is 1.00 bits per heavy atom. The maximum atomic E-state index is 13.1. The molecule has 7 heteroatoms. The van der Waals surface area contributed by atoms with E-state index in [1.54, 1.807) is 12.1 Å². The van der Waals surface area contributed by atoms with Crippen molar-refractivity contribution < 1.29 is 17.9 Å². The van der Waals surface area contributed by atoms with Crippen molar-refractivity contribution in [1.29, 1.82) is 0 Å². The molecule has 1 amide bonds. The maximum absolute atomic E-state index is 13.1. The molecule has 0 aromatic heterocycles. The van der Waals surface area contributed by atoms with Crippen LogP contribution in [0.2, 0.25) is 0 Å². The Morgan fingerprint density at radius 2 is 1.68 bits per heavy atom. The Bertz CT molecular complexity index is 1160. The van der Waals surface area contributed by atoms with E-state index in [4.69, 9.17) is 4.74 Å². The van der Waals surface area contributed by atoms with Crippen molar-refractivity contribution in [2.24, 2.45) is 0 Å². The van der Waals surface area contributed by atoms with E-state index in [9.17, 15) is 13.2 Å². The zero-order valence-corrected chi connectivity index (χ0v) is 18.0. The first-order valence-electron chi connectivity index (χ1n) is 10.1. The van der Waals surface area contributed by atoms with Gasteiger partial charge >= 0.3 is 0 Å². The van der Waals surface area contributed by atoms with Crippen LogP contribution in [0.25, 0.3) is 0 Å². The minimum Gasteiger partial charge on any atom is -0.484 e. The molecule has 0 saturated carbocycles. The van der Waals surface area contributed by atoms with Gasteiger partial charge in [0.05, 0.1) is 16.6 Å². The number of rotatable bonds is 7. The topological polar surface area (TPSA) is 75.7 Å². The third-order valence-electron chi connectivity index (χ3n) is 5.30. The number of sulfonamides is 1. The van der Waals surface area contributed by atoms with Crippen molar-refractivity contribution in [3.8, 4) is 5.75 Å². The summed E-state index contributed by atoms with van der Waals surface area (Å²) >= 11 is 0. The van der Waals surface area contributed by atoms with Crippen LogP contribution in [-0.4, -0.2) is 27.5 Å². The molecule has 3 aromatic rings. The number of hydrogen-bond acceptors (Lipinski definition) is 4. The summed E-state index contributed by atoms with van der Waals surface area (Å²) in [7, 11) is -3.65. The van der Waals surface area contributed by atoms with Gasteiger partial charge in [0.2, 0.25) is 0 Å². The van der Waals surface area contributed by atoms with Gasteiger partial charge in [0, 0.05) is 6.54 Å². The van der Waals surface area contributed by atoms with Gasteiger partial charge in [-0.15, -0.1) is 0 Å². The van der Waals surface area contributed by atoms with Crippen LogP contribution < -0.4 is 14.4 Å². The van der Waals surface area contributed by atoms with Gasteiger partial charge in [-0.25, -0.2) is 8.42 Å². The molecule has 0 aliphatic carbocycles. The predicted octanol–water partition coefficient (Wildman–Crippen LogP) is 3.69. The van der Waals surface area contributed by atoms with Gasteiger partial charge in [-0.2, -0.15) is 0 Å². The molecular weight excluding hydrogens is 412 g/mol. The Hall–Kier alpha value is -3.32. The number of hydrogen-bond donors (Lipinski definition) is 1. The predicted molar refractivity (Wildman–Crippen MR) is 120 cm³/mol. The zero-order valence-electron chi connectivity index (χ0n) is 17.2. The molecule has 160 valence electrons. The summed E-state index contributed by atoms with van der Waals surface area (Å²) in [6.07, 6.45) is 0.702. The van der Waals surface area contributed by atoms with Gasteiger partial charge in [0.1, 0.15) is 5.75 Å². The highest BCUT2D eigenvalue weighted by atomic mass is 32.2. The highest BCUT2D eigenvalue weighted by Crippen LogP contribution is 2.33. The highest BCUT2D eigenvalue weighted by molar-refractivity contribution is 7.92. The monoisotopic (exact) mass is 436 g/mol. The molecule has 0 saturated heterocycles. The Balaban J connectivity index is 1.37. The van der Waals surface area contributed by atoms with Crippen LogP contribution in [0.5, 0.6) is 5.75 Å². The van der Waals surface area contributed by atoms with Gasteiger partial charge in [0.15, 0.2) is 6.61 Å². The van der Waals surface area contributed by atoms with Crippen LogP contribution in [0.15, 0.2) is 83.8 Å². The number of para-hydroxylation sites is 1. The number of carbonyl (C=O) groups excluding carboxylic acids is 1. The molecule has 1 atom stereocenters. The first-order chi connectivity index (χ1) is 14.9. The quantitative estimate of drug-likeness (QED) is 0.613. The van der Waals surface area contributed by atoms with Gasteiger partial charge in [-0.3, -0.25) is 9.10 Å². The molecule has 1 aliphatic heterocycles. The summed E-state index contributed by atoms with van der Waals surface area (Å²) in [5.41, 5.74) is 2.77. The van der Waals surface area contributed by atoms with Crippen molar-refractivity contribution in [3.63, 3.8) is 0 Å². The molecule has 0 unspecified atom stereocenters. The van der Waals surface area contributed by atoms with Gasteiger partial charge < -0.3 is 10.1 Å². The SMILES string of the molecule is C[C@@H](NC(=O)COc1ccc(S(=O)(=O)N2CCc3ccccc32)cc1)c1ccccc1. The van der Waals surface area contributed by atoms with Gasteiger partial charge in [0.25, 0.3) is 15.9 Å². The average Bonchev–Trinajstić information content (AvgIpc) is 3.24. The van der Waals surface area contributed by atoms with Crippen LogP contribution in [0.3, 0.4) is 0 Å². The molecule has 31 heavy (non-hydrogen) atoms. The van der Waals surface area contributed by atoms with E-state index in [0.29, 0.717) is 18.7 Å². The fourth-order valence-electron chi connectivity index (χ4n) is 3.65. The minimum absolute atomic E-state index is 0.131. The van der Waals surface area contributed by atoms with Crippen LogP contribution in [0.1, 0.15) is 24.1 Å². The van der Waals surface area contributed by atoms with Crippen molar-refractivity contribution in [3.05, 3.63) is 90.0 Å². The van der Waals surface area contributed by atoms with E-state index >= 15 is 0 Å². The lowest BCUT2D eigenvalue weighted by Crippen LogP contribution is -2.31. The molecule has 4 rings (SSSR count). The molecule has 6 nitrogen and oxygen atoms in total. The summed E-state index contributed by atoms with van der Waals surface area (Å²) in [6, 6.07) is 23.2. The van der Waals surface area contributed by atoms with Crippen LogP contribution in [0.4, 0.5) is 5.69 Å². The number of amides is 1. The Kier molecular flexibility index (Phi) is 5.95. The van der Waals surface area contributed by atoms with Crippen LogP contribution >= 0.6 is 0 Å². The number of fused-ring (bicyclic) bond motifs is 1. The Labute approximate surface area is 182 Å². The largest absolute Gasteiger partial charge is 0.484 e. The van der Waals surface area contributed by atoms with Crippen molar-refractivity contribution in [1.82, 2.24) is 5.32 Å². The first kappa shape index (κ1) is 20.9. The highest BCUT2D eigenvalue weighted by Gasteiger charge is 2.30. The Morgan fingerprint density at radius 3 is 2.42 bits per heavy atom. The van der Waals surface area contributed by atoms with Gasteiger partial charge in [-0.05, 0) is 54.8 Å².